The second-order valence-electron chi connectivity index (χ2n) is 3.11. The van der Waals surface area contributed by atoms with Crippen molar-refractivity contribution in [3.63, 3.8) is 0 Å². The number of alkyl halides is 2. The van der Waals surface area contributed by atoms with Crippen molar-refractivity contribution in [3.05, 3.63) is 23.4 Å². The molecule has 1 N–H and O–H groups in total. The molecule has 1 aromatic heterocycles. The first kappa shape index (κ1) is 13.8. The number of hydrogen-bond acceptors (Lipinski definition) is 3. The highest BCUT2D eigenvalue weighted by Crippen LogP contribution is 2.09. The molecular formula is C10H11ClF2N2O2. The molecule has 0 saturated carbocycles. The third-order valence-electron chi connectivity index (χ3n) is 1.70. The van der Waals surface area contributed by atoms with Crippen LogP contribution >= 0.6 is 11.6 Å². The molecule has 17 heavy (non-hydrogen) atoms. The van der Waals surface area contributed by atoms with Crippen molar-refractivity contribution in [1.29, 1.82) is 0 Å². The van der Waals surface area contributed by atoms with Crippen LogP contribution < -0.4 is 5.32 Å². The summed E-state index contributed by atoms with van der Waals surface area (Å²) in [6, 6.07) is 4.78. The van der Waals surface area contributed by atoms with E-state index in [0.717, 1.165) is 0 Å². The Hall–Kier alpha value is -1.27. The largest absolute Gasteiger partial charge is 0.375 e. The molecule has 0 aliphatic rings. The molecule has 0 fully saturated rings. The third kappa shape index (κ3) is 6.13. The fourth-order valence-corrected chi connectivity index (χ4v) is 1.18. The van der Waals surface area contributed by atoms with Crippen molar-refractivity contribution < 1.29 is 18.3 Å². The Morgan fingerprint density at radius 1 is 1.53 bits per heavy atom. The average molecular weight is 265 g/mol. The highest BCUT2D eigenvalue weighted by atomic mass is 35.5. The SMILES string of the molecule is O=C(CCOCC(F)F)Nc1cccc(Cl)n1. The van der Waals surface area contributed by atoms with Gasteiger partial charge in [-0.3, -0.25) is 4.79 Å². The lowest BCUT2D eigenvalue weighted by atomic mass is 10.4. The molecule has 7 heteroatoms. The topological polar surface area (TPSA) is 51.2 Å². The summed E-state index contributed by atoms with van der Waals surface area (Å²) in [6.45, 7) is -0.723. The molecule has 1 aromatic rings. The first-order valence-corrected chi connectivity index (χ1v) is 5.24. The Kier molecular flexibility index (Phi) is 5.79. The maximum absolute atomic E-state index is 11.7. The van der Waals surface area contributed by atoms with Crippen molar-refractivity contribution in [2.45, 2.75) is 12.8 Å². The molecule has 0 atom stereocenters. The molecule has 0 bridgehead atoms. The number of anilines is 1. The number of rotatable bonds is 6. The van der Waals surface area contributed by atoms with Crippen LogP contribution in [0.3, 0.4) is 0 Å². The molecule has 1 rings (SSSR count). The standard InChI is InChI=1S/C10H11ClF2N2O2/c11-7-2-1-3-9(14-7)15-10(16)4-5-17-6-8(12)13/h1-3,8H,4-6H2,(H,14,15,16). The van der Waals surface area contributed by atoms with Gasteiger partial charge in [0.05, 0.1) is 13.0 Å². The van der Waals surface area contributed by atoms with Gasteiger partial charge in [-0.1, -0.05) is 17.7 Å². The molecule has 0 aliphatic heterocycles. The van der Waals surface area contributed by atoms with E-state index in [1.165, 1.54) is 0 Å². The van der Waals surface area contributed by atoms with Crippen molar-refractivity contribution in [2.24, 2.45) is 0 Å². The van der Waals surface area contributed by atoms with Gasteiger partial charge in [-0.15, -0.1) is 0 Å². The first-order valence-electron chi connectivity index (χ1n) is 4.86. The minimum atomic E-state index is -2.52. The van der Waals surface area contributed by atoms with Gasteiger partial charge in [-0.05, 0) is 12.1 Å². The lowest BCUT2D eigenvalue weighted by Gasteiger charge is -2.05. The average Bonchev–Trinajstić information content (AvgIpc) is 2.24. The smallest absolute Gasteiger partial charge is 0.261 e. The summed E-state index contributed by atoms with van der Waals surface area (Å²) < 4.78 is 28.0. The van der Waals surface area contributed by atoms with E-state index in [1.54, 1.807) is 18.2 Å². The lowest BCUT2D eigenvalue weighted by Crippen LogP contribution is -2.16. The van der Waals surface area contributed by atoms with E-state index in [0.29, 0.717) is 5.82 Å². The third-order valence-corrected chi connectivity index (χ3v) is 1.91. The molecular weight excluding hydrogens is 254 g/mol. The van der Waals surface area contributed by atoms with Crippen LogP contribution in [0.25, 0.3) is 0 Å². The fraction of sp³-hybridized carbons (Fsp3) is 0.400. The van der Waals surface area contributed by atoms with Gasteiger partial charge in [0.1, 0.15) is 17.6 Å². The number of carbonyl (C=O) groups excluding carboxylic acids is 1. The van der Waals surface area contributed by atoms with Crippen molar-refractivity contribution >= 4 is 23.3 Å². The number of carbonyl (C=O) groups is 1. The van der Waals surface area contributed by atoms with Gasteiger partial charge in [0.15, 0.2) is 0 Å². The number of halogens is 3. The molecule has 0 spiro atoms. The fourth-order valence-electron chi connectivity index (χ4n) is 1.02. The molecule has 1 amide bonds. The number of nitrogens with one attached hydrogen (secondary N) is 1. The van der Waals surface area contributed by atoms with E-state index >= 15 is 0 Å². The second kappa shape index (κ2) is 7.13. The summed E-state index contributed by atoms with van der Waals surface area (Å²) in [7, 11) is 0. The minimum absolute atomic E-state index is 0.0130. The molecule has 0 aromatic carbocycles. The van der Waals surface area contributed by atoms with Crippen LogP contribution in [0.2, 0.25) is 5.15 Å². The van der Waals surface area contributed by atoms with Gasteiger partial charge < -0.3 is 10.1 Å². The second-order valence-corrected chi connectivity index (χ2v) is 3.50. The first-order chi connectivity index (χ1) is 8.08. The highest BCUT2D eigenvalue weighted by Gasteiger charge is 2.06. The van der Waals surface area contributed by atoms with Gasteiger partial charge >= 0.3 is 0 Å². The highest BCUT2D eigenvalue weighted by molar-refractivity contribution is 6.29. The summed E-state index contributed by atoms with van der Waals surface area (Å²) in [5.74, 6) is -0.0506. The summed E-state index contributed by atoms with van der Waals surface area (Å²) in [4.78, 5) is 15.1. The van der Waals surface area contributed by atoms with Gasteiger partial charge in [0.25, 0.3) is 6.43 Å². The molecule has 94 valence electrons. The maximum Gasteiger partial charge on any atom is 0.261 e. The normalized spacial score (nSPS) is 10.6. The summed E-state index contributed by atoms with van der Waals surface area (Å²) in [6.07, 6.45) is -2.53. The van der Waals surface area contributed by atoms with Crippen molar-refractivity contribution in [2.75, 3.05) is 18.5 Å². The van der Waals surface area contributed by atoms with Gasteiger partial charge in [-0.2, -0.15) is 0 Å². The van der Waals surface area contributed by atoms with Gasteiger partial charge in [0.2, 0.25) is 5.91 Å². The van der Waals surface area contributed by atoms with Crippen molar-refractivity contribution in [3.8, 4) is 0 Å². The van der Waals surface area contributed by atoms with Crippen molar-refractivity contribution in [1.82, 2.24) is 4.98 Å². The van der Waals surface area contributed by atoms with Crippen LogP contribution in [-0.4, -0.2) is 30.5 Å². The molecule has 0 saturated heterocycles. The minimum Gasteiger partial charge on any atom is -0.375 e. The monoisotopic (exact) mass is 264 g/mol. The summed E-state index contributed by atoms with van der Waals surface area (Å²) >= 11 is 5.62. The van der Waals surface area contributed by atoms with E-state index in [-0.39, 0.29) is 24.1 Å². The zero-order valence-corrected chi connectivity index (χ0v) is 9.58. The number of amides is 1. The maximum atomic E-state index is 11.7. The molecule has 0 aliphatic carbocycles. The number of pyridine rings is 1. The molecule has 1 heterocycles. The van der Waals surface area contributed by atoms with Gasteiger partial charge in [0, 0.05) is 0 Å². The Morgan fingerprint density at radius 2 is 2.29 bits per heavy atom. The van der Waals surface area contributed by atoms with E-state index in [9.17, 15) is 13.6 Å². The Bertz CT molecular complexity index is 377. The van der Waals surface area contributed by atoms with Gasteiger partial charge in [-0.25, -0.2) is 13.8 Å². The predicted molar refractivity (Wildman–Crippen MR) is 59.3 cm³/mol. The molecule has 0 unspecified atom stereocenters. The zero-order chi connectivity index (χ0) is 12.7. The lowest BCUT2D eigenvalue weighted by molar-refractivity contribution is -0.117. The Labute approximate surface area is 102 Å². The Morgan fingerprint density at radius 3 is 2.94 bits per heavy atom. The van der Waals surface area contributed by atoms with E-state index in [2.05, 4.69) is 15.0 Å². The van der Waals surface area contributed by atoms with Crippen LogP contribution in [0.15, 0.2) is 18.2 Å². The zero-order valence-electron chi connectivity index (χ0n) is 8.83. The van der Waals surface area contributed by atoms with Crippen LogP contribution in [0, 0.1) is 0 Å². The number of nitrogens with zero attached hydrogens (tertiary/aromatic N) is 1. The number of ether oxygens (including phenoxy) is 1. The van der Waals surface area contributed by atoms with Crippen LogP contribution in [-0.2, 0) is 9.53 Å². The van der Waals surface area contributed by atoms with Crippen LogP contribution in [0.5, 0.6) is 0 Å². The summed E-state index contributed by atoms with van der Waals surface area (Å²) in [5.41, 5.74) is 0. The number of hydrogen-bond donors (Lipinski definition) is 1. The Balaban J connectivity index is 2.25. The van der Waals surface area contributed by atoms with Crippen LogP contribution in [0.1, 0.15) is 6.42 Å². The van der Waals surface area contributed by atoms with E-state index in [4.69, 9.17) is 11.6 Å². The molecule has 0 radical (unpaired) electrons. The number of aromatic nitrogens is 1. The van der Waals surface area contributed by atoms with Crippen LogP contribution in [0.4, 0.5) is 14.6 Å². The predicted octanol–water partition coefficient (Wildman–Crippen LogP) is 2.35. The molecule has 4 nitrogen and oxygen atoms in total. The van der Waals surface area contributed by atoms with E-state index < -0.39 is 13.0 Å². The quantitative estimate of drug-likeness (QED) is 0.634. The van der Waals surface area contributed by atoms with E-state index in [1.807, 2.05) is 0 Å². The summed E-state index contributed by atoms with van der Waals surface area (Å²) in [5, 5.41) is 2.73.